The van der Waals surface area contributed by atoms with Gasteiger partial charge in [-0.2, -0.15) is 13.2 Å². The lowest BCUT2D eigenvalue weighted by molar-refractivity contribution is -0.137. The van der Waals surface area contributed by atoms with Crippen LogP contribution in [0.25, 0.3) is 22.0 Å². The molecule has 6 nitrogen and oxygen atoms in total. The van der Waals surface area contributed by atoms with E-state index >= 15 is 0 Å². The first-order valence-electron chi connectivity index (χ1n) is 12.5. The number of ether oxygens (including phenoxy) is 3. The zero-order chi connectivity index (χ0) is 28.7. The first-order chi connectivity index (χ1) is 19.7. The van der Waals surface area contributed by atoms with Gasteiger partial charge in [0.1, 0.15) is 18.1 Å². The number of aromatic carboxylic acids is 1. The van der Waals surface area contributed by atoms with E-state index in [1.54, 1.807) is 41.0 Å². The highest BCUT2D eigenvalue weighted by atomic mass is 35.5. The minimum absolute atomic E-state index is 0.0509. The highest BCUT2D eigenvalue weighted by Gasteiger charge is 2.30. The Labute approximate surface area is 237 Å². The van der Waals surface area contributed by atoms with E-state index in [1.807, 2.05) is 30.3 Å². The second kappa shape index (κ2) is 10.4. The highest BCUT2D eigenvalue weighted by Crippen LogP contribution is 2.41. The molecule has 2 heterocycles. The Bertz CT molecular complexity index is 1780. The summed E-state index contributed by atoms with van der Waals surface area (Å²) in [5.41, 5.74) is 2.06. The van der Waals surface area contributed by atoms with Gasteiger partial charge < -0.3 is 23.9 Å². The lowest BCUT2D eigenvalue weighted by atomic mass is 10.0. The second-order valence-electron chi connectivity index (χ2n) is 9.44. The molecule has 0 unspecified atom stereocenters. The van der Waals surface area contributed by atoms with Crippen molar-refractivity contribution in [3.05, 3.63) is 112 Å². The number of fused-ring (bicyclic) bond motifs is 2. The van der Waals surface area contributed by atoms with E-state index in [-0.39, 0.29) is 25.6 Å². The number of alkyl halides is 3. The van der Waals surface area contributed by atoms with Crippen LogP contribution in [0.5, 0.6) is 17.2 Å². The maximum absolute atomic E-state index is 13.2. The largest absolute Gasteiger partial charge is 0.489 e. The van der Waals surface area contributed by atoms with Crippen LogP contribution in [0.15, 0.2) is 84.9 Å². The predicted octanol–water partition coefficient (Wildman–Crippen LogP) is 8.03. The smallest absolute Gasteiger partial charge is 0.416 e. The van der Waals surface area contributed by atoms with Gasteiger partial charge in [-0.1, -0.05) is 54.1 Å². The first kappa shape index (κ1) is 26.6. The molecule has 1 aromatic heterocycles. The Balaban J connectivity index is 1.44. The number of carboxylic acid groups (broad SMARTS) is 1. The zero-order valence-corrected chi connectivity index (χ0v) is 22.0. The van der Waals surface area contributed by atoms with E-state index in [0.29, 0.717) is 55.4 Å². The van der Waals surface area contributed by atoms with Crippen LogP contribution in [-0.2, 0) is 19.3 Å². The molecule has 4 aromatic carbocycles. The Morgan fingerprint density at radius 2 is 1.71 bits per heavy atom. The van der Waals surface area contributed by atoms with E-state index in [0.717, 1.165) is 12.1 Å². The number of carboxylic acids is 1. The molecule has 6 rings (SSSR count). The quantitative estimate of drug-likeness (QED) is 0.211. The van der Waals surface area contributed by atoms with Crippen molar-refractivity contribution >= 4 is 28.5 Å². The molecule has 0 saturated heterocycles. The molecule has 0 atom stereocenters. The van der Waals surface area contributed by atoms with Gasteiger partial charge in [0.05, 0.1) is 12.1 Å². The zero-order valence-electron chi connectivity index (χ0n) is 21.2. The van der Waals surface area contributed by atoms with Crippen molar-refractivity contribution in [1.29, 1.82) is 0 Å². The third-order valence-electron chi connectivity index (χ3n) is 6.83. The topological polar surface area (TPSA) is 69.9 Å². The average Bonchev–Trinajstić information content (AvgIpc) is 3.54. The Kier molecular flexibility index (Phi) is 6.75. The van der Waals surface area contributed by atoms with Crippen molar-refractivity contribution in [2.24, 2.45) is 0 Å². The molecule has 0 radical (unpaired) electrons. The Hall–Kier alpha value is -4.63. The molecule has 0 bridgehead atoms. The maximum atomic E-state index is 13.2. The van der Waals surface area contributed by atoms with Gasteiger partial charge in [-0.25, -0.2) is 4.79 Å². The number of nitrogens with zero attached hydrogens (tertiary/aromatic N) is 1. The Morgan fingerprint density at radius 3 is 2.44 bits per heavy atom. The summed E-state index contributed by atoms with van der Waals surface area (Å²) in [4.78, 5) is 12.7. The van der Waals surface area contributed by atoms with E-state index in [4.69, 9.17) is 25.8 Å². The molecule has 10 heteroatoms. The number of aromatic nitrogens is 1. The molecule has 0 spiro atoms. The fraction of sp³-hybridized carbons (Fsp3) is 0.129. The molecule has 0 fully saturated rings. The molecule has 1 aliphatic rings. The van der Waals surface area contributed by atoms with Crippen molar-refractivity contribution in [3.63, 3.8) is 0 Å². The van der Waals surface area contributed by atoms with Crippen molar-refractivity contribution in [2.75, 3.05) is 6.79 Å². The fourth-order valence-corrected chi connectivity index (χ4v) is 5.18. The molecule has 41 heavy (non-hydrogen) atoms. The average molecular weight is 580 g/mol. The summed E-state index contributed by atoms with van der Waals surface area (Å²) >= 11 is 6.54. The van der Waals surface area contributed by atoms with E-state index in [9.17, 15) is 23.1 Å². The summed E-state index contributed by atoms with van der Waals surface area (Å²) < 4.78 is 57.9. The lowest BCUT2D eigenvalue weighted by Gasteiger charge is -2.12. The minimum atomic E-state index is -4.46. The number of benzene rings is 4. The number of carbonyl (C=O) groups is 1. The van der Waals surface area contributed by atoms with Gasteiger partial charge in [0.15, 0.2) is 11.5 Å². The van der Waals surface area contributed by atoms with Crippen LogP contribution in [0.1, 0.15) is 27.2 Å². The lowest BCUT2D eigenvalue weighted by Crippen LogP contribution is -2.11. The van der Waals surface area contributed by atoms with Crippen molar-refractivity contribution < 1.29 is 37.3 Å². The van der Waals surface area contributed by atoms with Crippen molar-refractivity contribution in [3.8, 4) is 28.4 Å². The van der Waals surface area contributed by atoms with Crippen LogP contribution in [0.3, 0.4) is 0 Å². The van der Waals surface area contributed by atoms with Crippen LogP contribution in [0.2, 0.25) is 5.02 Å². The van der Waals surface area contributed by atoms with Crippen LogP contribution >= 0.6 is 11.6 Å². The second-order valence-corrected chi connectivity index (χ2v) is 9.85. The minimum Gasteiger partial charge on any atom is -0.489 e. The third-order valence-corrected chi connectivity index (χ3v) is 7.18. The fourth-order valence-electron chi connectivity index (χ4n) is 4.96. The molecule has 1 aliphatic heterocycles. The summed E-state index contributed by atoms with van der Waals surface area (Å²) in [5.74, 6) is 0.277. The van der Waals surface area contributed by atoms with E-state index in [1.165, 1.54) is 6.07 Å². The number of halogens is 4. The van der Waals surface area contributed by atoms with Crippen LogP contribution in [0.4, 0.5) is 13.2 Å². The summed E-state index contributed by atoms with van der Waals surface area (Å²) in [6, 6.07) is 22.5. The molecule has 0 saturated carbocycles. The molecular weight excluding hydrogens is 559 g/mol. The third kappa shape index (κ3) is 5.16. The summed E-state index contributed by atoms with van der Waals surface area (Å²) in [5, 5.41) is 11.4. The monoisotopic (exact) mass is 579 g/mol. The van der Waals surface area contributed by atoms with Crippen LogP contribution in [0, 0.1) is 0 Å². The van der Waals surface area contributed by atoms with Crippen LogP contribution < -0.4 is 14.2 Å². The number of rotatable bonds is 7. The predicted molar refractivity (Wildman–Crippen MR) is 147 cm³/mol. The number of hydrogen-bond donors (Lipinski definition) is 1. The van der Waals surface area contributed by atoms with Gasteiger partial charge in [-0.3, -0.25) is 0 Å². The summed E-state index contributed by atoms with van der Waals surface area (Å²) in [7, 11) is 0. The standard InChI is InChI=1S/C31H21ClF3NO5/c32-24-14-27-26(40-17-41-27)12-20(24)15-36-25-10-9-22(39-16-18-5-4-8-21(11-18)31(33,34)35)13-23(25)28(29(36)30(37)38)19-6-2-1-3-7-19/h1-14H,15-17H2,(H,37,38). The van der Waals surface area contributed by atoms with E-state index < -0.39 is 17.7 Å². The van der Waals surface area contributed by atoms with Gasteiger partial charge in [0, 0.05) is 27.6 Å². The van der Waals surface area contributed by atoms with Crippen LogP contribution in [-0.4, -0.2) is 22.4 Å². The summed E-state index contributed by atoms with van der Waals surface area (Å²) in [6.45, 7) is 0.101. The van der Waals surface area contributed by atoms with Crippen molar-refractivity contribution in [1.82, 2.24) is 4.57 Å². The molecule has 5 aromatic rings. The first-order valence-corrected chi connectivity index (χ1v) is 12.9. The highest BCUT2D eigenvalue weighted by molar-refractivity contribution is 6.31. The maximum Gasteiger partial charge on any atom is 0.416 e. The number of hydrogen-bond acceptors (Lipinski definition) is 4. The normalized spacial score (nSPS) is 12.6. The van der Waals surface area contributed by atoms with Crippen molar-refractivity contribution in [2.45, 2.75) is 19.3 Å². The van der Waals surface area contributed by atoms with Gasteiger partial charge in [-0.15, -0.1) is 0 Å². The van der Waals surface area contributed by atoms with Gasteiger partial charge >= 0.3 is 12.1 Å². The van der Waals surface area contributed by atoms with Gasteiger partial charge in [0.2, 0.25) is 6.79 Å². The Morgan fingerprint density at radius 1 is 0.951 bits per heavy atom. The summed E-state index contributed by atoms with van der Waals surface area (Å²) in [6.07, 6.45) is -4.46. The van der Waals surface area contributed by atoms with E-state index in [2.05, 4.69) is 0 Å². The molecule has 0 amide bonds. The SMILES string of the molecule is O=C(O)c1c(-c2ccccc2)c2cc(OCc3cccc(C(F)(F)F)c3)ccc2n1Cc1cc2c(cc1Cl)OCO2. The molecule has 208 valence electrons. The molecule has 0 aliphatic carbocycles. The van der Waals surface area contributed by atoms with Gasteiger partial charge in [-0.05, 0) is 53.1 Å². The molecule has 1 N–H and O–H groups in total. The molecular formula is C31H21ClF3NO5. The van der Waals surface area contributed by atoms with Gasteiger partial charge in [0.25, 0.3) is 0 Å².